The Morgan fingerprint density at radius 3 is 2.82 bits per heavy atom. The van der Waals surface area contributed by atoms with Crippen LogP contribution in [0, 0.1) is 5.82 Å². The molecule has 1 fully saturated rings. The monoisotopic (exact) mass is 464 g/mol. The van der Waals surface area contributed by atoms with Gasteiger partial charge in [0.05, 0.1) is 32.1 Å². The molecule has 1 aromatic rings. The number of unbranched alkanes of at least 4 members (excludes halogenated alkanes) is 3. The van der Waals surface area contributed by atoms with Crippen molar-refractivity contribution in [2.24, 2.45) is 4.99 Å². The van der Waals surface area contributed by atoms with Gasteiger partial charge in [-0.3, -0.25) is 14.9 Å². The molecule has 0 radical (unpaired) electrons. The fourth-order valence-corrected chi connectivity index (χ4v) is 4.07. The quantitative estimate of drug-likeness (QED) is 0.383. The lowest BCUT2D eigenvalue weighted by Gasteiger charge is -2.28. The summed E-state index contributed by atoms with van der Waals surface area (Å²) in [5, 5.41) is 21.4. The lowest BCUT2D eigenvalue weighted by atomic mass is 10.1. The lowest BCUT2D eigenvalue weighted by Crippen LogP contribution is -2.39. The summed E-state index contributed by atoms with van der Waals surface area (Å²) in [5.74, 6) is -0.576. The Hall–Kier alpha value is -2.72. The van der Waals surface area contributed by atoms with E-state index in [-0.39, 0.29) is 50.4 Å². The molecule has 0 bridgehead atoms. The van der Waals surface area contributed by atoms with E-state index in [9.17, 15) is 24.2 Å². The summed E-state index contributed by atoms with van der Waals surface area (Å²) < 4.78 is 20.3. The van der Waals surface area contributed by atoms with Crippen LogP contribution in [0.5, 0.6) is 5.75 Å². The van der Waals surface area contributed by atoms with Gasteiger partial charge in [-0.05, 0) is 25.0 Å². The first-order chi connectivity index (χ1) is 16.0. The number of carbonyl (C=O) groups is 2. The zero-order valence-electron chi connectivity index (χ0n) is 19.1. The first kappa shape index (κ1) is 24.9. The highest BCUT2D eigenvalue weighted by Crippen LogP contribution is 2.37. The molecule has 33 heavy (non-hydrogen) atoms. The summed E-state index contributed by atoms with van der Waals surface area (Å²) in [6, 6.07) is 2.01. The largest absolute Gasteiger partial charge is 0.490 e. The molecule has 1 unspecified atom stereocenters. The number of halogens is 1. The van der Waals surface area contributed by atoms with Crippen LogP contribution >= 0.6 is 0 Å². The maximum absolute atomic E-state index is 14.6. The van der Waals surface area contributed by atoms with E-state index >= 15 is 0 Å². The van der Waals surface area contributed by atoms with E-state index in [4.69, 9.17) is 4.74 Å². The van der Waals surface area contributed by atoms with Crippen molar-refractivity contribution < 1.29 is 28.9 Å². The highest BCUT2D eigenvalue weighted by molar-refractivity contribution is 6.07. The predicted molar refractivity (Wildman–Crippen MR) is 121 cm³/mol. The number of aliphatic hydroxyl groups is 2. The van der Waals surface area contributed by atoms with Crippen LogP contribution in [0.4, 0.5) is 10.1 Å². The third-order valence-corrected chi connectivity index (χ3v) is 5.89. The van der Waals surface area contributed by atoms with Crippen molar-refractivity contribution in [1.82, 2.24) is 15.1 Å². The molecule has 0 aromatic heterocycles. The van der Waals surface area contributed by atoms with Crippen molar-refractivity contribution in [3.8, 4) is 5.75 Å². The van der Waals surface area contributed by atoms with Crippen LogP contribution in [-0.2, 0) is 16.1 Å². The highest BCUT2D eigenvalue weighted by atomic mass is 19.1. The second-order valence-electron chi connectivity index (χ2n) is 8.24. The SMILES string of the molecule is CCCCCCN(CCO)C(=O)CCCOc1c(F)ccc2c1CN1C(=N2)NC(=O)C1CO. The Morgan fingerprint density at radius 1 is 1.27 bits per heavy atom. The maximum Gasteiger partial charge on any atom is 0.251 e. The van der Waals surface area contributed by atoms with Crippen molar-refractivity contribution in [3.63, 3.8) is 0 Å². The molecule has 0 saturated carbocycles. The summed E-state index contributed by atoms with van der Waals surface area (Å²) >= 11 is 0. The zero-order chi connectivity index (χ0) is 23.8. The summed E-state index contributed by atoms with van der Waals surface area (Å²) in [7, 11) is 0. The Morgan fingerprint density at radius 2 is 2.09 bits per heavy atom. The molecule has 0 spiro atoms. The maximum atomic E-state index is 14.6. The summed E-state index contributed by atoms with van der Waals surface area (Å²) in [6.07, 6.45) is 4.83. The number of aliphatic hydroxyl groups excluding tert-OH is 2. The van der Waals surface area contributed by atoms with Gasteiger partial charge in [0, 0.05) is 25.1 Å². The number of aliphatic imine (C=N–C) groups is 1. The van der Waals surface area contributed by atoms with Gasteiger partial charge >= 0.3 is 0 Å². The molecular formula is C23H33FN4O5. The minimum absolute atomic E-state index is 0.0468. The van der Waals surface area contributed by atoms with Crippen molar-refractivity contribution in [2.45, 2.75) is 58.0 Å². The van der Waals surface area contributed by atoms with E-state index in [2.05, 4.69) is 17.2 Å². The number of rotatable bonds is 13. The molecule has 0 aliphatic carbocycles. The number of nitrogens with zero attached hydrogens (tertiary/aromatic N) is 3. The Labute approximate surface area is 193 Å². The van der Waals surface area contributed by atoms with E-state index in [0.717, 1.165) is 25.7 Å². The highest BCUT2D eigenvalue weighted by Gasteiger charge is 2.39. The molecule has 2 amide bonds. The van der Waals surface area contributed by atoms with Gasteiger partial charge < -0.3 is 24.7 Å². The molecule has 2 heterocycles. The molecule has 3 N–H and O–H groups in total. The van der Waals surface area contributed by atoms with E-state index in [1.807, 2.05) is 0 Å². The standard InChI is InChI=1S/C23H33FN4O5/c1-2-3-4-5-10-27(11-12-29)20(31)7-6-13-33-21-16-14-28-19(15-30)22(32)26-23(28)25-18(16)9-8-17(21)24/h8-9,19,29-30H,2-7,10-15H2,1H3,(H,25,26,32). The van der Waals surface area contributed by atoms with Gasteiger partial charge in [-0.15, -0.1) is 0 Å². The normalized spacial score (nSPS) is 16.7. The van der Waals surface area contributed by atoms with Crippen LogP contribution in [0.25, 0.3) is 0 Å². The molecule has 9 nitrogen and oxygen atoms in total. The zero-order valence-corrected chi connectivity index (χ0v) is 19.1. The van der Waals surface area contributed by atoms with Gasteiger partial charge in [-0.25, -0.2) is 9.38 Å². The van der Waals surface area contributed by atoms with Crippen LogP contribution in [0.3, 0.4) is 0 Å². The summed E-state index contributed by atoms with van der Waals surface area (Å²) in [6.45, 7) is 2.91. The molecular weight excluding hydrogens is 431 g/mol. The molecule has 1 aromatic carbocycles. The molecule has 3 rings (SSSR count). The Bertz CT molecular complexity index is 879. The second-order valence-corrected chi connectivity index (χ2v) is 8.24. The number of benzene rings is 1. The van der Waals surface area contributed by atoms with E-state index in [0.29, 0.717) is 36.7 Å². The van der Waals surface area contributed by atoms with Crippen LogP contribution in [0.1, 0.15) is 51.0 Å². The van der Waals surface area contributed by atoms with Crippen molar-refractivity contribution in [1.29, 1.82) is 0 Å². The van der Waals surface area contributed by atoms with Crippen molar-refractivity contribution in [3.05, 3.63) is 23.5 Å². The fraction of sp³-hybridized carbons (Fsp3) is 0.609. The first-order valence-electron chi connectivity index (χ1n) is 11.6. The van der Waals surface area contributed by atoms with Crippen LogP contribution in [0.15, 0.2) is 17.1 Å². The smallest absolute Gasteiger partial charge is 0.251 e. The molecule has 2 aliphatic heterocycles. The molecule has 1 saturated heterocycles. The fourth-order valence-electron chi connectivity index (χ4n) is 4.07. The Kier molecular flexibility index (Phi) is 9.02. The number of hydrogen-bond acceptors (Lipinski definition) is 7. The van der Waals surface area contributed by atoms with Gasteiger partial charge in [0.25, 0.3) is 5.91 Å². The second kappa shape index (κ2) is 11.9. The average molecular weight is 465 g/mol. The average Bonchev–Trinajstić information content (AvgIpc) is 3.12. The van der Waals surface area contributed by atoms with Gasteiger partial charge in [-0.1, -0.05) is 26.2 Å². The minimum Gasteiger partial charge on any atom is -0.490 e. The number of guanidine groups is 1. The Balaban J connectivity index is 1.57. The number of nitrogens with one attached hydrogen (secondary N) is 1. The lowest BCUT2D eigenvalue weighted by molar-refractivity contribution is -0.132. The number of fused-ring (bicyclic) bond motifs is 2. The van der Waals surface area contributed by atoms with Gasteiger partial charge in [0.15, 0.2) is 11.6 Å². The van der Waals surface area contributed by atoms with Crippen molar-refractivity contribution >= 4 is 23.5 Å². The molecule has 10 heteroatoms. The summed E-state index contributed by atoms with van der Waals surface area (Å²) in [5.41, 5.74) is 0.992. The van der Waals surface area contributed by atoms with Gasteiger partial charge in [0.2, 0.25) is 11.9 Å². The topological polar surface area (TPSA) is 115 Å². The number of carbonyl (C=O) groups excluding carboxylic acids is 2. The molecule has 2 aliphatic rings. The summed E-state index contributed by atoms with van der Waals surface area (Å²) in [4.78, 5) is 32.2. The van der Waals surface area contributed by atoms with E-state index in [1.165, 1.54) is 12.1 Å². The van der Waals surface area contributed by atoms with Crippen LogP contribution in [0.2, 0.25) is 0 Å². The predicted octanol–water partition coefficient (Wildman–Crippen LogP) is 1.68. The van der Waals surface area contributed by atoms with Crippen molar-refractivity contribution in [2.75, 3.05) is 32.9 Å². The third kappa shape index (κ3) is 6.00. The molecule has 182 valence electrons. The number of amides is 2. The van der Waals surface area contributed by atoms with E-state index in [1.54, 1.807) is 9.80 Å². The first-order valence-corrected chi connectivity index (χ1v) is 11.6. The molecule has 1 atom stereocenters. The van der Waals surface area contributed by atoms with Crippen LogP contribution < -0.4 is 10.1 Å². The van der Waals surface area contributed by atoms with Gasteiger partial charge in [-0.2, -0.15) is 0 Å². The third-order valence-electron chi connectivity index (χ3n) is 5.89. The van der Waals surface area contributed by atoms with E-state index < -0.39 is 11.9 Å². The minimum atomic E-state index is -0.777. The number of ether oxygens (including phenoxy) is 1. The van der Waals surface area contributed by atoms with Crippen LogP contribution in [-0.4, -0.2) is 76.7 Å². The van der Waals surface area contributed by atoms with Gasteiger partial charge in [0.1, 0.15) is 6.04 Å². The number of hydrogen-bond donors (Lipinski definition) is 3.